The zero-order chi connectivity index (χ0) is 18.1. The van der Waals surface area contributed by atoms with Gasteiger partial charge in [-0.2, -0.15) is 0 Å². The van der Waals surface area contributed by atoms with Gasteiger partial charge in [-0.3, -0.25) is 4.79 Å². The Balaban J connectivity index is 1.60. The van der Waals surface area contributed by atoms with Gasteiger partial charge in [0.25, 0.3) is 5.91 Å². The van der Waals surface area contributed by atoms with Crippen LogP contribution in [0.1, 0.15) is 27.1 Å². The van der Waals surface area contributed by atoms with Crippen LogP contribution in [0.15, 0.2) is 41.9 Å². The highest BCUT2D eigenvalue weighted by Crippen LogP contribution is 2.28. The number of hydrogen-bond acceptors (Lipinski definition) is 4. The summed E-state index contributed by atoms with van der Waals surface area (Å²) in [6.07, 6.45) is 1.85. The van der Waals surface area contributed by atoms with E-state index < -0.39 is 0 Å². The highest BCUT2D eigenvalue weighted by atomic mass is 35.5. The smallest absolute Gasteiger partial charge is 0.270 e. The van der Waals surface area contributed by atoms with Crippen molar-refractivity contribution < 1.29 is 4.79 Å². The van der Waals surface area contributed by atoms with Crippen LogP contribution >= 0.6 is 22.9 Å². The van der Waals surface area contributed by atoms with Gasteiger partial charge in [0.1, 0.15) is 5.69 Å². The maximum Gasteiger partial charge on any atom is 0.270 e. The van der Waals surface area contributed by atoms with Crippen molar-refractivity contribution in [2.75, 3.05) is 19.6 Å². The van der Waals surface area contributed by atoms with Crippen LogP contribution in [-0.2, 0) is 0 Å². The van der Waals surface area contributed by atoms with Crippen LogP contribution in [0, 0.1) is 6.92 Å². The lowest BCUT2D eigenvalue weighted by Gasteiger charge is -2.36. The lowest BCUT2D eigenvalue weighted by atomic mass is 10.0. The number of aromatic nitrogens is 2. The fourth-order valence-electron chi connectivity index (χ4n) is 3.28. The van der Waals surface area contributed by atoms with Crippen molar-refractivity contribution in [3.05, 3.63) is 63.2 Å². The van der Waals surface area contributed by atoms with Gasteiger partial charge >= 0.3 is 0 Å². The molecule has 26 heavy (non-hydrogen) atoms. The summed E-state index contributed by atoms with van der Waals surface area (Å²) in [7, 11) is 0. The summed E-state index contributed by atoms with van der Waals surface area (Å²) in [5.41, 5.74) is 3.46. The molecule has 0 bridgehead atoms. The quantitative estimate of drug-likeness (QED) is 0.718. The third-order valence-electron chi connectivity index (χ3n) is 4.57. The number of halogens is 1. The van der Waals surface area contributed by atoms with Gasteiger partial charge in [0.15, 0.2) is 0 Å². The van der Waals surface area contributed by atoms with Crippen LogP contribution in [0.4, 0.5) is 0 Å². The molecule has 1 unspecified atom stereocenters. The Labute approximate surface area is 161 Å². The first-order valence-corrected chi connectivity index (χ1v) is 9.75. The Morgan fingerprint density at radius 3 is 3.04 bits per heavy atom. The van der Waals surface area contributed by atoms with E-state index in [-0.39, 0.29) is 11.9 Å². The number of carbonyl (C=O) groups is 1. The van der Waals surface area contributed by atoms with Crippen molar-refractivity contribution >= 4 is 28.8 Å². The van der Waals surface area contributed by atoms with Crippen LogP contribution < -0.4 is 5.32 Å². The van der Waals surface area contributed by atoms with Gasteiger partial charge in [-0.05, 0) is 30.7 Å². The first-order chi connectivity index (χ1) is 12.6. The number of amides is 1. The molecule has 3 heterocycles. The molecule has 5 nitrogen and oxygen atoms in total. The minimum Gasteiger partial charge on any atom is -0.357 e. The Kier molecular flexibility index (Phi) is 4.80. The number of nitrogens with one attached hydrogen (secondary N) is 2. The Bertz CT molecular complexity index is 935. The second-order valence-electron chi connectivity index (χ2n) is 6.33. The van der Waals surface area contributed by atoms with Crippen molar-refractivity contribution in [1.29, 1.82) is 0 Å². The largest absolute Gasteiger partial charge is 0.357 e. The molecule has 1 saturated heterocycles. The molecule has 1 aliphatic rings. The van der Waals surface area contributed by atoms with Crippen LogP contribution in [0.5, 0.6) is 0 Å². The molecule has 4 rings (SSSR count). The molecule has 1 fully saturated rings. The maximum absolute atomic E-state index is 13.1. The molecule has 1 aliphatic heterocycles. The molecule has 1 atom stereocenters. The van der Waals surface area contributed by atoms with E-state index in [2.05, 4.69) is 15.3 Å². The van der Waals surface area contributed by atoms with Gasteiger partial charge in [0.2, 0.25) is 0 Å². The topological polar surface area (TPSA) is 61.0 Å². The number of aryl methyl sites for hydroxylation is 1. The molecule has 1 amide bonds. The van der Waals surface area contributed by atoms with Crippen LogP contribution in [0.3, 0.4) is 0 Å². The number of thiazole rings is 1. The van der Waals surface area contributed by atoms with Crippen LogP contribution in [0.25, 0.3) is 11.3 Å². The molecule has 3 aromatic rings. The predicted octanol–water partition coefficient (Wildman–Crippen LogP) is 3.89. The van der Waals surface area contributed by atoms with Crippen molar-refractivity contribution in [2.24, 2.45) is 0 Å². The second kappa shape index (κ2) is 7.23. The minimum absolute atomic E-state index is 0.00493. The molecule has 0 aliphatic carbocycles. The summed E-state index contributed by atoms with van der Waals surface area (Å²) in [4.78, 5) is 22.6. The first kappa shape index (κ1) is 17.3. The highest BCUT2D eigenvalue weighted by molar-refractivity contribution is 7.09. The number of benzene rings is 1. The van der Waals surface area contributed by atoms with Gasteiger partial charge in [-0.15, -0.1) is 11.3 Å². The molecular formula is C19H19ClN4OS. The standard InChI is InChI=1S/C19H19ClN4OS/c1-12-23-17(11-26-12)14-8-16(22-9-14)19(25)24-6-5-21-10-18(24)13-3-2-4-15(20)7-13/h2-4,7-9,11,18,21-22H,5-6,10H2,1H3. The molecule has 7 heteroatoms. The molecule has 134 valence electrons. The molecule has 0 radical (unpaired) electrons. The van der Waals surface area contributed by atoms with E-state index in [1.54, 1.807) is 11.3 Å². The number of nitrogens with zero attached hydrogens (tertiary/aromatic N) is 2. The summed E-state index contributed by atoms with van der Waals surface area (Å²) < 4.78 is 0. The monoisotopic (exact) mass is 386 g/mol. The van der Waals surface area contributed by atoms with E-state index in [0.29, 0.717) is 23.8 Å². The van der Waals surface area contributed by atoms with E-state index in [4.69, 9.17) is 11.6 Å². The molecule has 2 aromatic heterocycles. The molecule has 0 spiro atoms. The van der Waals surface area contributed by atoms with Gasteiger partial charge < -0.3 is 15.2 Å². The lowest BCUT2D eigenvalue weighted by Crippen LogP contribution is -2.48. The molecule has 2 N–H and O–H groups in total. The first-order valence-electron chi connectivity index (χ1n) is 8.50. The zero-order valence-electron chi connectivity index (χ0n) is 14.3. The Morgan fingerprint density at radius 1 is 1.38 bits per heavy atom. The number of carbonyl (C=O) groups excluding carboxylic acids is 1. The average Bonchev–Trinajstić information content (AvgIpc) is 3.30. The average molecular weight is 387 g/mol. The van der Waals surface area contributed by atoms with E-state index in [1.165, 1.54) is 0 Å². The fourth-order valence-corrected chi connectivity index (χ4v) is 4.10. The van der Waals surface area contributed by atoms with Gasteiger partial charge in [0.05, 0.1) is 16.7 Å². The van der Waals surface area contributed by atoms with Crippen LogP contribution in [-0.4, -0.2) is 40.4 Å². The molecule has 1 aromatic carbocycles. The van der Waals surface area contributed by atoms with Crippen molar-refractivity contribution in [2.45, 2.75) is 13.0 Å². The minimum atomic E-state index is -0.0387. The Morgan fingerprint density at radius 2 is 2.27 bits per heavy atom. The van der Waals surface area contributed by atoms with E-state index in [0.717, 1.165) is 28.4 Å². The van der Waals surface area contributed by atoms with Gasteiger partial charge in [-0.25, -0.2) is 4.98 Å². The highest BCUT2D eigenvalue weighted by Gasteiger charge is 2.29. The van der Waals surface area contributed by atoms with Gasteiger partial charge in [-0.1, -0.05) is 23.7 Å². The number of hydrogen-bond donors (Lipinski definition) is 2. The van der Waals surface area contributed by atoms with Crippen LogP contribution in [0.2, 0.25) is 5.02 Å². The van der Waals surface area contributed by atoms with E-state index in [9.17, 15) is 4.79 Å². The second-order valence-corrected chi connectivity index (χ2v) is 7.83. The number of aromatic amines is 1. The zero-order valence-corrected chi connectivity index (χ0v) is 15.9. The normalized spacial score (nSPS) is 17.5. The number of piperazine rings is 1. The summed E-state index contributed by atoms with van der Waals surface area (Å²) in [6.45, 7) is 4.12. The maximum atomic E-state index is 13.1. The summed E-state index contributed by atoms with van der Waals surface area (Å²) in [5.74, 6) is -0.00493. The fraction of sp³-hybridized carbons (Fsp3) is 0.263. The van der Waals surface area contributed by atoms with Crippen molar-refractivity contribution in [1.82, 2.24) is 20.2 Å². The number of H-pyrrole nitrogens is 1. The number of rotatable bonds is 3. The van der Waals surface area contributed by atoms with E-state index >= 15 is 0 Å². The van der Waals surface area contributed by atoms with Gasteiger partial charge in [0, 0.05) is 41.8 Å². The lowest BCUT2D eigenvalue weighted by molar-refractivity contribution is 0.0629. The predicted molar refractivity (Wildman–Crippen MR) is 105 cm³/mol. The summed E-state index contributed by atoms with van der Waals surface area (Å²) >= 11 is 7.75. The molecular weight excluding hydrogens is 368 g/mol. The Hall–Kier alpha value is -2.15. The third-order valence-corrected chi connectivity index (χ3v) is 5.57. The molecule has 0 saturated carbocycles. The summed E-state index contributed by atoms with van der Waals surface area (Å²) in [5, 5.41) is 7.07. The SMILES string of the molecule is Cc1nc(-c2c[nH]c(C(=O)N3CCNCC3c3cccc(Cl)c3)c2)cs1. The third kappa shape index (κ3) is 3.40. The van der Waals surface area contributed by atoms with Crippen molar-refractivity contribution in [3.63, 3.8) is 0 Å². The summed E-state index contributed by atoms with van der Waals surface area (Å²) in [6, 6.07) is 9.56. The van der Waals surface area contributed by atoms with Crippen molar-refractivity contribution in [3.8, 4) is 11.3 Å². The van der Waals surface area contributed by atoms with E-state index in [1.807, 2.05) is 53.7 Å².